The molecule has 0 aromatic heterocycles. The fourth-order valence-electron chi connectivity index (χ4n) is 5.33. The van der Waals surface area contributed by atoms with E-state index in [9.17, 15) is 24.2 Å². The topological polar surface area (TPSA) is 131 Å². The molecule has 0 heterocycles. The molecule has 2 unspecified atom stereocenters. The van der Waals surface area contributed by atoms with Gasteiger partial charge in [0, 0.05) is 19.4 Å². The molecule has 0 aliphatic rings. The van der Waals surface area contributed by atoms with E-state index in [0.717, 1.165) is 109 Å². The van der Waals surface area contributed by atoms with Gasteiger partial charge in [-0.3, -0.25) is 18.6 Å². The summed E-state index contributed by atoms with van der Waals surface area (Å²) in [4.78, 5) is 34.0. The number of allylic oxidation sites excluding steroid dienone is 24. The Hall–Kier alpha value is -4.11. The van der Waals surface area contributed by atoms with Crippen molar-refractivity contribution in [1.82, 2.24) is 5.32 Å². The van der Waals surface area contributed by atoms with Gasteiger partial charge in [0.2, 0.25) is 5.91 Å². The third-order valence-corrected chi connectivity index (χ3v) is 9.75. The van der Waals surface area contributed by atoms with Crippen molar-refractivity contribution in [3.05, 3.63) is 146 Å². The normalized spacial score (nSPS) is 14.5. The minimum atomic E-state index is -4.46. The summed E-state index contributed by atoms with van der Waals surface area (Å²) in [6.45, 7) is 3.18. The summed E-state index contributed by atoms with van der Waals surface area (Å²) in [5, 5.41) is 12.7. The highest BCUT2D eigenvalue weighted by Gasteiger charge is 2.23. The first kappa shape index (κ1) is 58.9. The van der Waals surface area contributed by atoms with E-state index in [2.05, 4.69) is 159 Å². The zero-order valence-corrected chi connectivity index (χ0v) is 39.6. The molecule has 0 saturated carbocycles. The molecule has 9 nitrogen and oxygen atoms in total. The fourth-order valence-corrected chi connectivity index (χ4v) is 6.09. The lowest BCUT2D eigenvalue weighted by atomic mass is 10.1. The summed E-state index contributed by atoms with van der Waals surface area (Å²) < 4.78 is 26.9. The summed E-state index contributed by atoms with van der Waals surface area (Å²) in [6, 6.07) is 0. The van der Waals surface area contributed by atoms with E-state index in [4.69, 9.17) is 13.8 Å². The zero-order chi connectivity index (χ0) is 46.0. The predicted octanol–water partition coefficient (Wildman–Crippen LogP) is 13.7. The number of hydrogen-bond acceptors (Lipinski definition) is 7. The molecule has 1 amide bonds. The first-order valence-electron chi connectivity index (χ1n) is 23.3. The Balaban J connectivity index is 3.78. The van der Waals surface area contributed by atoms with Crippen LogP contribution in [0.3, 0.4) is 0 Å². The molecular weight excluding hydrogens is 810 g/mol. The Morgan fingerprint density at radius 3 is 1.29 bits per heavy atom. The van der Waals surface area contributed by atoms with Gasteiger partial charge in [0.15, 0.2) is 0 Å². The van der Waals surface area contributed by atoms with Crippen molar-refractivity contribution in [2.75, 3.05) is 26.4 Å². The van der Waals surface area contributed by atoms with Gasteiger partial charge in [0.25, 0.3) is 0 Å². The van der Waals surface area contributed by atoms with Gasteiger partial charge in [0.1, 0.15) is 12.7 Å². The van der Waals surface area contributed by atoms with Crippen molar-refractivity contribution in [3.63, 3.8) is 0 Å². The van der Waals surface area contributed by atoms with Gasteiger partial charge in [-0.05, 0) is 109 Å². The molecule has 0 fully saturated rings. The maximum absolute atomic E-state index is 12.1. The monoisotopic (exact) mass is 892 g/mol. The standard InChI is InChI=1S/C53H82NO8P/c1-3-5-7-9-11-13-15-17-19-21-23-24-25-26-28-30-32-34-36-38-40-42-44-46-53(57)60-49-51(55)50-62-63(58,59)61-48-47-54-52(56)45-43-41-39-37-35-33-31-29-27-22-20-18-16-14-12-10-8-6-4-2/h5-8,11-14,17-20,23-24,26-29,32-35,38,40,51,55H,3-4,9-10,15-16,21-22,25,30-31,36-37,39,41-50H2,1-2H3,(H,54,56)(H,58,59)/b7-5-,8-6-,13-11-,14-12-,19-17-,20-18-,24-23-,28-26-,29-27-,34-32-,35-33-,40-38-. The summed E-state index contributed by atoms with van der Waals surface area (Å²) in [5.41, 5.74) is 0. The van der Waals surface area contributed by atoms with Crippen molar-refractivity contribution in [3.8, 4) is 0 Å². The van der Waals surface area contributed by atoms with Crippen molar-refractivity contribution in [2.24, 2.45) is 0 Å². The van der Waals surface area contributed by atoms with Crippen LogP contribution in [0.2, 0.25) is 0 Å². The van der Waals surface area contributed by atoms with Crippen LogP contribution < -0.4 is 5.32 Å². The lowest BCUT2D eigenvalue weighted by Crippen LogP contribution is -2.27. The van der Waals surface area contributed by atoms with Crippen LogP contribution in [0.15, 0.2) is 146 Å². The Kier molecular flexibility index (Phi) is 44.3. The second kappa shape index (κ2) is 47.4. The predicted molar refractivity (Wildman–Crippen MR) is 265 cm³/mol. The van der Waals surface area contributed by atoms with Crippen LogP contribution in [0.1, 0.15) is 142 Å². The molecule has 352 valence electrons. The van der Waals surface area contributed by atoms with Gasteiger partial charge in [-0.15, -0.1) is 0 Å². The van der Waals surface area contributed by atoms with Gasteiger partial charge in [-0.1, -0.05) is 166 Å². The number of rotatable bonds is 41. The second-order valence-electron chi connectivity index (χ2n) is 14.6. The number of carbonyl (C=O) groups excluding carboxylic acids is 2. The third-order valence-electron chi connectivity index (χ3n) is 8.76. The second-order valence-corrected chi connectivity index (χ2v) is 16.1. The van der Waals surface area contributed by atoms with E-state index in [1.165, 1.54) is 0 Å². The molecule has 0 aliphatic carbocycles. The average molecular weight is 892 g/mol. The number of phosphoric acid groups is 1. The molecular formula is C53H82NO8P. The van der Waals surface area contributed by atoms with E-state index in [-0.39, 0.29) is 32.1 Å². The molecule has 63 heavy (non-hydrogen) atoms. The molecule has 0 rings (SSSR count). The third kappa shape index (κ3) is 48.8. The van der Waals surface area contributed by atoms with Gasteiger partial charge < -0.3 is 20.1 Å². The molecule has 0 bridgehead atoms. The largest absolute Gasteiger partial charge is 0.472 e. The highest BCUT2D eigenvalue weighted by Crippen LogP contribution is 2.42. The van der Waals surface area contributed by atoms with Crippen LogP contribution >= 0.6 is 7.82 Å². The number of hydrogen-bond donors (Lipinski definition) is 3. The number of ether oxygens (including phenoxy) is 1. The Bertz CT molecular complexity index is 1530. The maximum Gasteiger partial charge on any atom is 0.472 e. The maximum atomic E-state index is 12.1. The highest BCUT2D eigenvalue weighted by atomic mass is 31.2. The molecule has 0 aliphatic heterocycles. The molecule has 2 atom stereocenters. The van der Waals surface area contributed by atoms with Crippen LogP contribution in [0.25, 0.3) is 0 Å². The van der Waals surface area contributed by atoms with Crippen LogP contribution in [0.4, 0.5) is 0 Å². The fraction of sp³-hybridized carbons (Fsp3) is 0.509. The highest BCUT2D eigenvalue weighted by molar-refractivity contribution is 7.47. The lowest BCUT2D eigenvalue weighted by molar-refractivity contribution is -0.147. The Morgan fingerprint density at radius 2 is 0.873 bits per heavy atom. The number of carbonyl (C=O) groups is 2. The minimum Gasteiger partial charge on any atom is -0.463 e. The number of phosphoric ester groups is 1. The summed E-state index contributed by atoms with van der Waals surface area (Å²) >= 11 is 0. The number of aliphatic hydroxyl groups is 1. The van der Waals surface area contributed by atoms with E-state index < -0.39 is 26.5 Å². The zero-order valence-electron chi connectivity index (χ0n) is 38.7. The van der Waals surface area contributed by atoms with Crippen LogP contribution in [0, 0.1) is 0 Å². The summed E-state index contributed by atoms with van der Waals surface area (Å²) in [5.74, 6) is -0.625. The molecule has 10 heteroatoms. The van der Waals surface area contributed by atoms with Crippen molar-refractivity contribution < 1.29 is 37.9 Å². The Labute approximate surface area is 382 Å². The van der Waals surface area contributed by atoms with Crippen molar-refractivity contribution in [2.45, 2.75) is 148 Å². The minimum absolute atomic E-state index is 0.0463. The first-order chi connectivity index (χ1) is 30.8. The molecule has 0 spiro atoms. The average Bonchev–Trinajstić information content (AvgIpc) is 3.27. The molecule has 0 aromatic carbocycles. The van der Waals surface area contributed by atoms with Crippen LogP contribution in [0.5, 0.6) is 0 Å². The van der Waals surface area contributed by atoms with E-state index in [1.807, 2.05) is 6.08 Å². The van der Waals surface area contributed by atoms with Gasteiger partial charge in [0.05, 0.1) is 13.2 Å². The number of unbranched alkanes of at least 4 members (excludes halogenated alkanes) is 4. The smallest absolute Gasteiger partial charge is 0.463 e. The van der Waals surface area contributed by atoms with E-state index in [1.54, 1.807) is 0 Å². The number of aliphatic hydroxyl groups excluding tert-OH is 1. The number of esters is 1. The molecule has 0 saturated heterocycles. The number of amides is 1. The molecule has 0 aromatic rings. The van der Waals surface area contributed by atoms with Crippen LogP contribution in [-0.4, -0.2) is 54.3 Å². The summed E-state index contributed by atoms with van der Waals surface area (Å²) in [7, 11) is -4.46. The van der Waals surface area contributed by atoms with Crippen molar-refractivity contribution in [1.29, 1.82) is 0 Å². The number of nitrogens with one attached hydrogen (secondary N) is 1. The first-order valence-corrected chi connectivity index (χ1v) is 24.8. The SMILES string of the molecule is CC/C=C\C/C=C\C/C=C\C/C=C\C/C=C\C/C=C\C/C=C\CCCC(=O)OCC(O)COP(=O)(O)OCCNC(=O)CCCCC/C=C\C/C=C\C/C=C\C/C=C\C/C=C\CC. The quantitative estimate of drug-likeness (QED) is 0.0239. The van der Waals surface area contributed by atoms with Gasteiger partial charge in [-0.25, -0.2) is 4.57 Å². The summed E-state index contributed by atoms with van der Waals surface area (Å²) in [6.07, 6.45) is 67.8. The molecule has 0 radical (unpaired) electrons. The Morgan fingerprint density at radius 1 is 0.492 bits per heavy atom. The van der Waals surface area contributed by atoms with Gasteiger partial charge >= 0.3 is 13.8 Å². The lowest BCUT2D eigenvalue weighted by Gasteiger charge is -2.15. The van der Waals surface area contributed by atoms with E-state index >= 15 is 0 Å². The van der Waals surface area contributed by atoms with Crippen molar-refractivity contribution >= 4 is 19.7 Å². The van der Waals surface area contributed by atoms with Gasteiger partial charge in [-0.2, -0.15) is 0 Å². The molecule has 3 N–H and O–H groups in total. The van der Waals surface area contributed by atoms with E-state index in [0.29, 0.717) is 12.8 Å². The van der Waals surface area contributed by atoms with Crippen LogP contribution in [-0.2, 0) is 27.9 Å².